The zero-order valence-corrected chi connectivity index (χ0v) is 12.4. The second-order valence-corrected chi connectivity index (χ2v) is 4.56. The largest absolute Gasteiger partial charge is 0.471 e. The lowest BCUT2D eigenvalue weighted by Crippen LogP contribution is -2.30. The molecule has 0 fully saturated rings. The lowest BCUT2D eigenvalue weighted by molar-refractivity contribution is -0.159. The van der Waals surface area contributed by atoms with E-state index in [1.54, 1.807) is 6.92 Å². The van der Waals surface area contributed by atoms with E-state index in [9.17, 15) is 18.0 Å². The summed E-state index contributed by atoms with van der Waals surface area (Å²) in [6.07, 6.45) is -4.70. The quantitative estimate of drug-likeness (QED) is 0.875. The van der Waals surface area contributed by atoms with Gasteiger partial charge in [-0.15, -0.1) is 0 Å². The Labute approximate surface area is 129 Å². The highest BCUT2D eigenvalue weighted by Crippen LogP contribution is 2.30. The number of amides is 2. The molecule has 2 amide bonds. The van der Waals surface area contributed by atoms with Crippen molar-refractivity contribution < 1.29 is 27.3 Å². The highest BCUT2D eigenvalue weighted by Gasteiger charge is 2.38. The van der Waals surface area contributed by atoms with Crippen LogP contribution in [0.3, 0.4) is 0 Å². The summed E-state index contributed by atoms with van der Waals surface area (Å²) in [6.45, 7) is 1.68. The average molecular weight is 330 g/mol. The van der Waals surface area contributed by atoms with Crippen molar-refractivity contribution >= 4 is 11.7 Å². The Morgan fingerprint density at radius 3 is 2.61 bits per heavy atom. The van der Waals surface area contributed by atoms with Gasteiger partial charge in [-0.2, -0.15) is 18.2 Å². The molecule has 0 aliphatic carbocycles. The SMILES string of the molecule is CON(C)C(=O)Nc1ccc(-c2noc(C(F)(F)F)n2)cc1C. The molecule has 10 heteroatoms. The number of nitrogens with zero attached hydrogens (tertiary/aromatic N) is 3. The number of carbonyl (C=O) groups excluding carboxylic acids is 1. The van der Waals surface area contributed by atoms with Gasteiger partial charge < -0.3 is 9.84 Å². The van der Waals surface area contributed by atoms with Gasteiger partial charge in [0, 0.05) is 18.3 Å². The topological polar surface area (TPSA) is 80.5 Å². The van der Waals surface area contributed by atoms with Crippen LogP contribution in [0.2, 0.25) is 0 Å². The fourth-order valence-corrected chi connectivity index (χ4v) is 1.68. The van der Waals surface area contributed by atoms with E-state index >= 15 is 0 Å². The minimum atomic E-state index is -4.70. The Bertz CT molecular complexity index is 715. The minimum absolute atomic E-state index is 0.188. The first-order chi connectivity index (χ1) is 10.7. The van der Waals surface area contributed by atoms with Crippen molar-refractivity contribution in [2.45, 2.75) is 13.1 Å². The van der Waals surface area contributed by atoms with Crippen molar-refractivity contribution in [2.24, 2.45) is 0 Å². The van der Waals surface area contributed by atoms with E-state index in [1.807, 2.05) is 0 Å². The smallest absolute Gasteiger partial charge is 0.329 e. The van der Waals surface area contributed by atoms with E-state index < -0.39 is 18.1 Å². The number of hydroxylamine groups is 2. The van der Waals surface area contributed by atoms with Crippen molar-refractivity contribution in [3.05, 3.63) is 29.7 Å². The number of halogens is 3. The van der Waals surface area contributed by atoms with E-state index in [-0.39, 0.29) is 5.82 Å². The Hall–Kier alpha value is -2.62. The van der Waals surface area contributed by atoms with Gasteiger partial charge in [-0.1, -0.05) is 5.16 Å². The lowest BCUT2D eigenvalue weighted by Gasteiger charge is -2.16. The highest BCUT2D eigenvalue weighted by molar-refractivity contribution is 5.89. The average Bonchev–Trinajstić information content (AvgIpc) is 2.98. The number of rotatable bonds is 3. The summed E-state index contributed by atoms with van der Waals surface area (Å²) >= 11 is 0. The van der Waals surface area contributed by atoms with Crippen LogP contribution in [-0.2, 0) is 11.0 Å². The predicted octanol–water partition coefficient (Wildman–Crippen LogP) is 3.09. The molecule has 0 saturated carbocycles. The molecular weight excluding hydrogens is 317 g/mol. The second kappa shape index (κ2) is 6.24. The predicted molar refractivity (Wildman–Crippen MR) is 73.3 cm³/mol. The van der Waals surface area contributed by atoms with Crippen LogP contribution in [0.25, 0.3) is 11.4 Å². The third-order valence-electron chi connectivity index (χ3n) is 2.95. The lowest BCUT2D eigenvalue weighted by atomic mass is 10.1. The Morgan fingerprint density at radius 1 is 1.39 bits per heavy atom. The zero-order valence-electron chi connectivity index (χ0n) is 12.4. The van der Waals surface area contributed by atoms with E-state index in [4.69, 9.17) is 4.84 Å². The number of hydrogen-bond acceptors (Lipinski definition) is 5. The first-order valence-electron chi connectivity index (χ1n) is 6.33. The molecule has 1 N–H and O–H groups in total. The zero-order chi connectivity index (χ0) is 17.2. The third-order valence-corrected chi connectivity index (χ3v) is 2.95. The third kappa shape index (κ3) is 3.77. The molecule has 0 aliphatic heterocycles. The molecule has 0 bridgehead atoms. The van der Waals surface area contributed by atoms with Crippen molar-refractivity contribution in [1.29, 1.82) is 0 Å². The van der Waals surface area contributed by atoms with Gasteiger partial charge in [0.25, 0.3) is 0 Å². The van der Waals surface area contributed by atoms with Gasteiger partial charge in [-0.3, -0.25) is 4.84 Å². The summed E-state index contributed by atoms with van der Waals surface area (Å²) < 4.78 is 41.5. The van der Waals surface area contributed by atoms with Crippen LogP contribution in [0.15, 0.2) is 22.7 Å². The van der Waals surface area contributed by atoms with Gasteiger partial charge >= 0.3 is 18.1 Å². The number of benzene rings is 1. The number of alkyl halides is 3. The van der Waals surface area contributed by atoms with Crippen molar-refractivity contribution in [1.82, 2.24) is 15.2 Å². The number of nitrogens with one attached hydrogen (secondary N) is 1. The molecule has 2 aromatic rings. The summed E-state index contributed by atoms with van der Waals surface area (Å²) in [5.41, 5.74) is 1.42. The minimum Gasteiger partial charge on any atom is -0.329 e. The van der Waals surface area contributed by atoms with Crippen molar-refractivity contribution in [2.75, 3.05) is 19.5 Å². The van der Waals surface area contributed by atoms with Gasteiger partial charge in [0.05, 0.1) is 7.11 Å². The summed E-state index contributed by atoms with van der Waals surface area (Å²) in [6, 6.07) is 4.03. The van der Waals surface area contributed by atoms with E-state index in [0.29, 0.717) is 16.8 Å². The van der Waals surface area contributed by atoms with Crippen LogP contribution >= 0.6 is 0 Å². The standard InChI is InChI=1S/C13H13F3N4O3/c1-7-6-8(10-18-11(23-19-10)13(14,15)16)4-5-9(7)17-12(21)20(2)22-3/h4-6H,1-3H3,(H,17,21). The molecule has 124 valence electrons. The van der Waals surface area contributed by atoms with Gasteiger partial charge in [0.1, 0.15) is 0 Å². The molecule has 0 radical (unpaired) electrons. The molecule has 1 aromatic heterocycles. The monoisotopic (exact) mass is 330 g/mol. The number of urea groups is 1. The number of aromatic nitrogens is 2. The van der Waals surface area contributed by atoms with Gasteiger partial charge in [-0.05, 0) is 30.7 Å². The van der Waals surface area contributed by atoms with Gasteiger partial charge in [0.2, 0.25) is 5.82 Å². The van der Waals surface area contributed by atoms with Gasteiger partial charge in [-0.25, -0.2) is 9.86 Å². The molecule has 2 rings (SSSR count). The van der Waals surface area contributed by atoms with Crippen LogP contribution < -0.4 is 5.32 Å². The van der Waals surface area contributed by atoms with Crippen LogP contribution in [0, 0.1) is 6.92 Å². The van der Waals surface area contributed by atoms with Gasteiger partial charge in [0.15, 0.2) is 0 Å². The highest BCUT2D eigenvalue weighted by atomic mass is 19.4. The number of carbonyl (C=O) groups is 1. The molecule has 1 aromatic carbocycles. The van der Waals surface area contributed by atoms with Crippen LogP contribution in [0.1, 0.15) is 11.5 Å². The molecule has 0 spiro atoms. The first kappa shape index (κ1) is 16.7. The molecule has 0 aliphatic rings. The Balaban J connectivity index is 2.22. The maximum Gasteiger partial charge on any atom is 0.471 e. The molecule has 0 atom stereocenters. The second-order valence-electron chi connectivity index (χ2n) is 4.56. The van der Waals surface area contributed by atoms with E-state index in [2.05, 4.69) is 20.0 Å². The Morgan fingerprint density at radius 2 is 2.09 bits per heavy atom. The van der Waals surface area contributed by atoms with Crippen molar-refractivity contribution in [3.8, 4) is 11.4 Å². The van der Waals surface area contributed by atoms with Crippen molar-refractivity contribution in [3.63, 3.8) is 0 Å². The first-order valence-corrected chi connectivity index (χ1v) is 6.33. The molecule has 0 unspecified atom stereocenters. The summed E-state index contributed by atoms with van der Waals surface area (Å²) in [7, 11) is 2.76. The fraction of sp³-hybridized carbons (Fsp3) is 0.308. The fourth-order valence-electron chi connectivity index (χ4n) is 1.68. The normalized spacial score (nSPS) is 11.4. The molecule has 23 heavy (non-hydrogen) atoms. The van der Waals surface area contributed by atoms with Crippen LogP contribution in [0.5, 0.6) is 0 Å². The molecular formula is C13H13F3N4O3. The Kier molecular flexibility index (Phi) is 4.55. The number of aryl methyl sites for hydroxylation is 1. The van der Waals surface area contributed by atoms with E-state index in [0.717, 1.165) is 5.06 Å². The summed E-state index contributed by atoms with van der Waals surface area (Å²) in [4.78, 5) is 19.7. The summed E-state index contributed by atoms with van der Waals surface area (Å²) in [5.74, 6) is -1.60. The number of hydrogen-bond donors (Lipinski definition) is 1. The maximum atomic E-state index is 12.5. The number of anilines is 1. The molecule has 7 nitrogen and oxygen atoms in total. The maximum absolute atomic E-state index is 12.5. The van der Waals surface area contributed by atoms with Crippen LogP contribution in [-0.4, -0.2) is 35.4 Å². The van der Waals surface area contributed by atoms with Crippen LogP contribution in [0.4, 0.5) is 23.7 Å². The molecule has 1 heterocycles. The summed E-state index contributed by atoms with van der Waals surface area (Å²) in [5, 5.41) is 6.88. The van der Waals surface area contributed by atoms with E-state index in [1.165, 1.54) is 32.4 Å². The molecule has 0 saturated heterocycles.